The fourth-order valence-electron chi connectivity index (χ4n) is 5.75. The van der Waals surface area contributed by atoms with Crippen LogP contribution >= 0.6 is 11.6 Å². The van der Waals surface area contributed by atoms with Crippen molar-refractivity contribution in [3.05, 3.63) is 117 Å². The SMILES string of the molecule is Cc1ccc(C(C)NCc2ccc(-c3ccc(Cl)c(C(=O)NC(CCN4CCN[C@H](C)C4)Cc4ccc(C#N)cc4)c3)o2)cc1. The topological polar surface area (TPSA) is 93.3 Å². The normalized spacial score (nSPS) is 16.6. The van der Waals surface area contributed by atoms with Gasteiger partial charge in [-0.2, -0.15) is 5.26 Å². The lowest BCUT2D eigenvalue weighted by Gasteiger charge is -2.33. The van der Waals surface area contributed by atoms with Crippen LogP contribution in [0.3, 0.4) is 0 Å². The number of piperazine rings is 1. The van der Waals surface area contributed by atoms with Gasteiger partial charge in [0.25, 0.3) is 5.91 Å². The van der Waals surface area contributed by atoms with E-state index in [9.17, 15) is 10.1 Å². The van der Waals surface area contributed by atoms with Crippen molar-refractivity contribution >= 4 is 17.5 Å². The van der Waals surface area contributed by atoms with E-state index in [0.717, 1.165) is 49.5 Å². The largest absolute Gasteiger partial charge is 0.460 e. The van der Waals surface area contributed by atoms with E-state index >= 15 is 0 Å². The highest BCUT2D eigenvalue weighted by Crippen LogP contribution is 2.28. The molecule has 3 aromatic carbocycles. The first-order valence-electron chi connectivity index (χ1n) is 15.7. The number of nitriles is 1. The number of carbonyl (C=O) groups is 1. The summed E-state index contributed by atoms with van der Waals surface area (Å²) in [7, 11) is 0. The number of nitrogens with zero attached hydrogens (tertiary/aromatic N) is 2. The molecule has 8 heteroatoms. The first kappa shape index (κ1) is 32.5. The summed E-state index contributed by atoms with van der Waals surface area (Å²) in [6.07, 6.45) is 1.46. The average Bonchev–Trinajstić information content (AvgIpc) is 3.52. The highest BCUT2D eigenvalue weighted by molar-refractivity contribution is 6.34. The van der Waals surface area contributed by atoms with Crippen molar-refractivity contribution in [1.82, 2.24) is 20.9 Å². The summed E-state index contributed by atoms with van der Waals surface area (Å²) in [5, 5.41) is 19.9. The number of aryl methyl sites for hydroxylation is 1. The summed E-state index contributed by atoms with van der Waals surface area (Å²) in [4.78, 5) is 16.1. The van der Waals surface area contributed by atoms with Gasteiger partial charge in [0.1, 0.15) is 11.5 Å². The maximum Gasteiger partial charge on any atom is 0.253 e. The van der Waals surface area contributed by atoms with Crippen LogP contribution in [0, 0.1) is 18.3 Å². The number of hydrogen-bond acceptors (Lipinski definition) is 6. The molecule has 5 rings (SSSR count). The van der Waals surface area contributed by atoms with Crippen LogP contribution in [0.25, 0.3) is 11.3 Å². The summed E-state index contributed by atoms with van der Waals surface area (Å²) in [6.45, 7) is 10.8. The summed E-state index contributed by atoms with van der Waals surface area (Å²) >= 11 is 6.58. The summed E-state index contributed by atoms with van der Waals surface area (Å²) in [5.41, 5.74) is 5.36. The third-order valence-electron chi connectivity index (χ3n) is 8.46. The van der Waals surface area contributed by atoms with Crippen molar-refractivity contribution in [2.75, 3.05) is 26.2 Å². The molecule has 1 saturated heterocycles. The van der Waals surface area contributed by atoms with E-state index in [2.05, 4.69) is 72.0 Å². The standard InChI is InChI=1S/C37H42ClN5O2/c1-25-4-10-30(11-5-25)27(3)41-23-33-13-15-36(45-33)31-12-14-35(38)34(21-31)37(44)42-32(16-18-43-19-17-40-26(2)24-43)20-28-6-8-29(22-39)9-7-28/h4-15,21,26-27,32,40-41H,16-20,23-24H2,1-3H3,(H,42,44)/t26-,27?,32?/m1/s1. The number of amides is 1. The summed E-state index contributed by atoms with van der Waals surface area (Å²) in [5.74, 6) is 1.28. The Morgan fingerprint density at radius 3 is 2.62 bits per heavy atom. The Labute approximate surface area is 271 Å². The number of furan rings is 1. The maximum absolute atomic E-state index is 13.7. The highest BCUT2D eigenvalue weighted by atomic mass is 35.5. The molecule has 1 aliphatic heterocycles. The molecule has 0 saturated carbocycles. The minimum absolute atomic E-state index is 0.104. The molecule has 0 bridgehead atoms. The predicted octanol–water partition coefficient (Wildman–Crippen LogP) is 6.66. The van der Waals surface area contributed by atoms with E-state index in [1.807, 2.05) is 42.5 Å². The molecule has 1 aromatic heterocycles. The van der Waals surface area contributed by atoms with Crippen LogP contribution in [-0.4, -0.2) is 49.1 Å². The Balaban J connectivity index is 1.26. The molecular weight excluding hydrogens is 582 g/mol. The Morgan fingerprint density at radius 2 is 1.89 bits per heavy atom. The number of benzene rings is 3. The van der Waals surface area contributed by atoms with E-state index < -0.39 is 0 Å². The second kappa shape index (κ2) is 15.4. The van der Waals surface area contributed by atoms with Crippen molar-refractivity contribution < 1.29 is 9.21 Å². The second-order valence-corrected chi connectivity index (χ2v) is 12.5. The van der Waals surface area contributed by atoms with E-state index in [1.165, 1.54) is 11.1 Å². The lowest BCUT2D eigenvalue weighted by Crippen LogP contribution is -2.50. The molecule has 1 fully saturated rings. The van der Waals surface area contributed by atoms with Gasteiger partial charge in [-0.15, -0.1) is 0 Å². The molecular formula is C37H42ClN5O2. The highest BCUT2D eigenvalue weighted by Gasteiger charge is 2.21. The van der Waals surface area contributed by atoms with Gasteiger partial charge < -0.3 is 25.3 Å². The zero-order valence-corrected chi connectivity index (χ0v) is 27.0. The number of halogens is 1. The summed E-state index contributed by atoms with van der Waals surface area (Å²) in [6, 6.07) is 28.1. The van der Waals surface area contributed by atoms with Crippen molar-refractivity contribution in [3.8, 4) is 17.4 Å². The van der Waals surface area contributed by atoms with Crippen LogP contribution in [0.4, 0.5) is 0 Å². The van der Waals surface area contributed by atoms with Crippen molar-refractivity contribution in [1.29, 1.82) is 5.26 Å². The number of rotatable bonds is 12. The van der Waals surface area contributed by atoms with E-state index in [-0.39, 0.29) is 18.0 Å². The van der Waals surface area contributed by atoms with Crippen LogP contribution in [0.1, 0.15) is 64.7 Å². The van der Waals surface area contributed by atoms with E-state index in [1.54, 1.807) is 12.1 Å². The molecule has 0 spiro atoms. The molecule has 1 amide bonds. The monoisotopic (exact) mass is 623 g/mol. The van der Waals surface area contributed by atoms with Crippen LogP contribution in [0.5, 0.6) is 0 Å². The van der Waals surface area contributed by atoms with Crippen LogP contribution in [-0.2, 0) is 13.0 Å². The Morgan fingerprint density at radius 1 is 1.11 bits per heavy atom. The molecule has 2 heterocycles. The van der Waals surface area contributed by atoms with E-state index in [0.29, 0.717) is 40.9 Å². The quantitative estimate of drug-likeness (QED) is 0.164. The zero-order valence-electron chi connectivity index (χ0n) is 26.3. The lowest BCUT2D eigenvalue weighted by molar-refractivity contribution is 0.0929. The van der Waals surface area contributed by atoms with Crippen LogP contribution in [0.2, 0.25) is 5.02 Å². The molecule has 0 radical (unpaired) electrons. The van der Waals surface area contributed by atoms with Gasteiger partial charge in [-0.05, 0) is 87.2 Å². The molecule has 0 aliphatic carbocycles. The Kier molecular flexibility index (Phi) is 11.1. The molecule has 4 aromatic rings. The first-order chi connectivity index (χ1) is 21.8. The third kappa shape index (κ3) is 9.06. The zero-order chi connectivity index (χ0) is 31.8. The maximum atomic E-state index is 13.7. The van der Waals surface area contributed by atoms with Crippen LogP contribution < -0.4 is 16.0 Å². The molecule has 234 valence electrons. The number of carbonyl (C=O) groups excluding carboxylic acids is 1. The second-order valence-electron chi connectivity index (χ2n) is 12.1. The molecule has 45 heavy (non-hydrogen) atoms. The van der Waals surface area contributed by atoms with Crippen molar-refractivity contribution in [2.24, 2.45) is 0 Å². The lowest BCUT2D eigenvalue weighted by atomic mass is 10.0. The number of nitrogens with one attached hydrogen (secondary N) is 3. The Hall–Kier alpha value is -3.93. The van der Waals surface area contributed by atoms with Gasteiger partial charge in [-0.3, -0.25) is 4.79 Å². The van der Waals surface area contributed by atoms with Gasteiger partial charge in [-0.1, -0.05) is 53.6 Å². The third-order valence-corrected chi connectivity index (χ3v) is 8.79. The fourth-order valence-corrected chi connectivity index (χ4v) is 5.95. The molecule has 7 nitrogen and oxygen atoms in total. The first-order valence-corrected chi connectivity index (χ1v) is 16.1. The molecule has 1 aliphatic rings. The average molecular weight is 624 g/mol. The summed E-state index contributed by atoms with van der Waals surface area (Å²) < 4.78 is 6.17. The minimum atomic E-state index is -0.213. The minimum Gasteiger partial charge on any atom is -0.460 e. The van der Waals surface area contributed by atoms with Crippen molar-refractivity contribution in [2.45, 2.75) is 58.3 Å². The molecule has 2 unspecified atom stereocenters. The molecule has 3 N–H and O–H groups in total. The fraction of sp³-hybridized carbons (Fsp3) is 0.351. The molecule has 3 atom stereocenters. The van der Waals surface area contributed by atoms with E-state index in [4.69, 9.17) is 16.0 Å². The van der Waals surface area contributed by atoms with Gasteiger partial charge in [0.2, 0.25) is 0 Å². The Bertz CT molecular complexity index is 1610. The van der Waals surface area contributed by atoms with Gasteiger partial charge in [0.15, 0.2) is 0 Å². The van der Waals surface area contributed by atoms with Gasteiger partial charge >= 0.3 is 0 Å². The van der Waals surface area contributed by atoms with Crippen LogP contribution in [0.15, 0.2) is 83.3 Å². The van der Waals surface area contributed by atoms with Gasteiger partial charge in [-0.25, -0.2) is 0 Å². The van der Waals surface area contributed by atoms with Gasteiger partial charge in [0, 0.05) is 49.9 Å². The predicted molar refractivity (Wildman–Crippen MR) is 180 cm³/mol. The number of hydrogen-bond donors (Lipinski definition) is 3. The van der Waals surface area contributed by atoms with Crippen molar-refractivity contribution in [3.63, 3.8) is 0 Å². The van der Waals surface area contributed by atoms with Gasteiger partial charge in [0.05, 0.1) is 28.8 Å². The smallest absolute Gasteiger partial charge is 0.253 e.